The highest BCUT2D eigenvalue weighted by Gasteiger charge is 2.15. The molecular weight excluding hydrogens is 249 g/mol. The molecule has 0 radical (unpaired) electrons. The molecule has 0 spiro atoms. The van der Waals surface area contributed by atoms with Crippen LogP contribution in [0.25, 0.3) is 0 Å². The van der Waals surface area contributed by atoms with Gasteiger partial charge in [-0.05, 0) is 31.2 Å². The van der Waals surface area contributed by atoms with Gasteiger partial charge >= 0.3 is 0 Å². The maximum Gasteiger partial charge on any atom is 0.142 e. The predicted molar refractivity (Wildman–Crippen MR) is 67.0 cm³/mol. The molecule has 90 valence electrons. The topological polar surface area (TPSA) is 40.9 Å². The van der Waals surface area contributed by atoms with Crippen LogP contribution in [-0.2, 0) is 10.8 Å². The molecular formula is C14H10FNOS. The molecule has 0 heterocycles. The van der Waals surface area contributed by atoms with Crippen LogP contribution < -0.4 is 0 Å². The number of halogens is 1. The lowest BCUT2D eigenvalue weighted by molar-refractivity contribution is 0.618. The smallest absolute Gasteiger partial charge is 0.142 e. The fourth-order valence-corrected chi connectivity index (χ4v) is 2.72. The van der Waals surface area contributed by atoms with E-state index in [0.29, 0.717) is 4.90 Å². The summed E-state index contributed by atoms with van der Waals surface area (Å²) < 4.78 is 25.7. The number of aryl methyl sites for hydroxylation is 1. The summed E-state index contributed by atoms with van der Waals surface area (Å²) in [5.74, 6) is -0.643. The zero-order chi connectivity index (χ0) is 13.1. The average molecular weight is 259 g/mol. The summed E-state index contributed by atoms with van der Waals surface area (Å²) in [6, 6.07) is 13.0. The zero-order valence-electron chi connectivity index (χ0n) is 9.68. The molecule has 2 aromatic carbocycles. The van der Waals surface area contributed by atoms with Crippen LogP contribution in [0.5, 0.6) is 0 Å². The van der Waals surface area contributed by atoms with E-state index in [0.717, 1.165) is 5.56 Å². The molecule has 0 N–H and O–H groups in total. The maximum atomic E-state index is 13.4. The van der Waals surface area contributed by atoms with E-state index < -0.39 is 16.6 Å². The van der Waals surface area contributed by atoms with Crippen molar-refractivity contribution in [2.75, 3.05) is 0 Å². The van der Waals surface area contributed by atoms with Gasteiger partial charge in [-0.15, -0.1) is 0 Å². The standard InChI is InChI=1S/C14H10FNOS/c1-10-5-7-11(8-6-10)18(17)14-4-2-3-13(15)12(14)9-16/h2-8H,1H3. The van der Waals surface area contributed by atoms with Crippen LogP contribution in [0, 0.1) is 24.1 Å². The highest BCUT2D eigenvalue weighted by atomic mass is 32.2. The van der Waals surface area contributed by atoms with Gasteiger partial charge in [-0.3, -0.25) is 0 Å². The summed E-state index contributed by atoms with van der Waals surface area (Å²) in [6.45, 7) is 1.93. The Hall–Kier alpha value is -1.99. The highest BCUT2D eigenvalue weighted by Crippen LogP contribution is 2.22. The molecule has 0 aliphatic heterocycles. The SMILES string of the molecule is Cc1ccc(S(=O)c2cccc(F)c2C#N)cc1. The van der Waals surface area contributed by atoms with E-state index in [9.17, 15) is 8.60 Å². The number of hydrogen-bond donors (Lipinski definition) is 0. The Morgan fingerprint density at radius 1 is 1.17 bits per heavy atom. The zero-order valence-corrected chi connectivity index (χ0v) is 10.5. The second kappa shape index (κ2) is 5.11. The molecule has 0 bridgehead atoms. The molecule has 2 rings (SSSR count). The number of hydrogen-bond acceptors (Lipinski definition) is 2. The van der Waals surface area contributed by atoms with Crippen molar-refractivity contribution in [3.63, 3.8) is 0 Å². The second-order valence-electron chi connectivity index (χ2n) is 3.81. The first-order valence-corrected chi connectivity index (χ1v) is 6.45. The Morgan fingerprint density at radius 2 is 1.83 bits per heavy atom. The first-order chi connectivity index (χ1) is 8.63. The van der Waals surface area contributed by atoms with Gasteiger partial charge in [0.2, 0.25) is 0 Å². The molecule has 0 fully saturated rings. The Kier molecular flexibility index (Phi) is 3.54. The molecule has 2 nitrogen and oxygen atoms in total. The minimum Gasteiger partial charge on any atom is -0.249 e. The van der Waals surface area contributed by atoms with Gasteiger partial charge in [-0.25, -0.2) is 8.60 Å². The van der Waals surface area contributed by atoms with Crippen molar-refractivity contribution >= 4 is 10.8 Å². The predicted octanol–water partition coefficient (Wildman–Crippen LogP) is 3.17. The van der Waals surface area contributed by atoms with Gasteiger partial charge in [0.15, 0.2) is 0 Å². The van der Waals surface area contributed by atoms with Crippen molar-refractivity contribution in [1.29, 1.82) is 5.26 Å². The number of nitriles is 1. The molecule has 18 heavy (non-hydrogen) atoms. The molecule has 0 aliphatic carbocycles. The summed E-state index contributed by atoms with van der Waals surface area (Å²) in [5.41, 5.74) is 0.895. The van der Waals surface area contributed by atoms with Crippen molar-refractivity contribution in [3.05, 3.63) is 59.4 Å². The van der Waals surface area contributed by atoms with Gasteiger partial charge in [-0.2, -0.15) is 5.26 Å². The maximum absolute atomic E-state index is 13.4. The lowest BCUT2D eigenvalue weighted by Crippen LogP contribution is -1.98. The van der Waals surface area contributed by atoms with Crippen molar-refractivity contribution in [1.82, 2.24) is 0 Å². The molecule has 0 saturated heterocycles. The van der Waals surface area contributed by atoms with Crippen molar-refractivity contribution < 1.29 is 8.60 Å². The molecule has 2 aromatic rings. The number of benzene rings is 2. The average Bonchev–Trinajstić information content (AvgIpc) is 2.38. The van der Waals surface area contributed by atoms with Crippen LogP contribution in [0.3, 0.4) is 0 Å². The van der Waals surface area contributed by atoms with Crippen molar-refractivity contribution in [2.45, 2.75) is 16.7 Å². The third-order valence-corrected chi connectivity index (χ3v) is 3.96. The van der Waals surface area contributed by atoms with Crippen LogP contribution in [-0.4, -0.2) is 4.21 Å². The quantitative estimate of drug-likeness (QED) is 0.831. The Morgan fingerprint density at radius 3 is 2.44 bits per heavy atom. The van der Waals surface area contributed by atoms with E-state index in [4.69, 9.17) is 5.26 Å². The van der Waals surface area contributed by atoms with Crippen LogP contribution in [0.2, 0.25) is 0 Å². The summed E-state index contributed by atoms with van der Waals surface area (Å²) >= 11 is 0. The highest BCUT2D eigenvalue weighted by molar-refractivity contribution is 7.85. The fourth-order valence-electron chi connectivity index (χ4n) is 1.56. The van der Waals surface area contributed by atoms with Crippen molar-refractivity contribution in [3.8, 4) is 6.07 Å². The Labute approximate surface area is 107 Å². The second-order valence-corrected chi connectivity index (χ2v) is 5.26. The molecule has 4 heteroatoms. The van der Waals surface area contributed by atoms with Crippen LogP contribution in [0.4, 0.5) is 4.39 Å². The van der Waals surface area contributed by atoms with E-state index >= 15 is 0 Å². The van der Waals surface area contributed by atoms with Gasteiger partial charge in [-0.1, -0.05) is 23.8 Å². The number of nitrogens with zero attached hydrogens (tertiary/aromatic N) is 1. The van der Waals surface area contributed by atoms with E-state index in [-0.39, 0.29) is 10.5 Å². The molecule has 0 aliphatic rings. The van der Waals surface area contributed by atoms with E-state index in [2.05, 4.69) is 0 Å². The molecule has 0 saturated carbocycles. The molecule has 1 atom stereocenters. The Balaban J connectivity index is 2.50. The van der Waals surface area contributed by atoms with Crippen molar-refractivity contribution in [2.24, 2.45) is 0 Å². The monoisotopic (exact) mass is 259 g/mol. The molecule has 0 aromatic heterocycles. The normalized spacial score (nSPS) is 11.8. The van der Waals surface area contributed by atoms with Crippen LogP contribution in [0.1, 0.15) is 11.1 Å². The first kappa shape index (κ1) is 12.5. The van der Waals surface area contributed by atoms with E-state index in [1.807, 2.05) is 19.1 Å². The van der Waals surface area contributed by atoms with Crippen LogP contribution in [0.15, 0.2) is 52.3 Å². The van der Waals surface area contributed by atoms with Gasteiger partial charge in [0.1, 0.15) is 17.4 Å². The third-order valence-electron chi connectivity index (χ3n) is 2.52. The minimum absolute atomic E-state index is 0.156. The minimum atomic E-state index is -1.54. The lowest BCUT2D eigenvalue weighted by atomic mass is 10.2. The summed E-state index contributed by atoms with van der Waals surface area (Å²) in [7, 11) is -1.54. The third kappa shape index (κ3) is 2.31. The summed E-state index contributed by atoms with van der Waals surface area (Å²) in [4.78, 5) is 0.768. The van der Waals surface area contributed by atoms with E-state index in [1.165, 1.54) is 18.2 Å². The summed E-state index contributed by atoms with van der Waals surface area (Å²) in [5, 5.41) is 8.91. The molecule has 1 unspecified atom stereocenters. The van der Waals surface area contributed by atoms with Crippen LogP contribution >= 0.6 is 0 Å². The number of rotatable bonds is 2. The van der Waals surface area contributed by atoms with Gasteiger partial charge in [0.25, 0.3) is 0 Å². The van der Waals surface area contributed by atoms with Gasteiger partial charge < -0.3 is 0 Å². The van der Waals surface area contributed by atoms with Gasteiger partial charge in [0, 0.05) is 4.90 Å². The molecule has 0 amide bonds. The first-order valence-electron chi connectivity index (χ1n) is 5.30. The van der Waals surface area contributed by atoms with E-state index in [1.54, 1.807) is 18.2 Å². The van der Waals surface area contributed by atoms with Gasteiger partial charge in [0.05, 0.1) is 15.7 Å². The largest absolute Gasteiger partial charge is 0.249 e. The Bertz CT molecular complexity index is 644. The lowest BCUT2D eigenvalue weighted by Gasteiger charge is -2.05. The summed E-state index contributed by atoms with van der Waals surface area (Å²) in [6.07, 6.45) is 0. The fraction of sp³-hybridized carbons (Fsp3) is 0.0714.